The molecule has 4 aliphatic rings. The Morgan fingerprint density at radius 2 is 1.82 bits per heavy atom. The number of piperidine rings is 1. The number of amides is 1. The molecule has 1 saturated heterocycles. The van der Waals surface area contributed by atoms with Gasteiger partial charge in [-0.15, -0.1) is 23.2 Å². The van der Waals surface area contributed by atoms with Crippen LogP contribution in [0.25, 0.3) is 6.08 Å². The quantitative estimate of drug-likeness (QED) is 0.210. The van der Waals surface area contributed by atoms with Gasteiger partial charge < -0.3 is 15.0 Å². The molecule has 0 aromatic heterocycles. The van der Waals surface area contributed by atoms with Crippen molar-refractivity contribution >= 4 is 46.8 Å². The first kappa shape index (κ1) is 28.8. The minimum Gasteiger partial charge on any atom is -0.459 e. The van der Waals surface area contributed by atoms with Gasteiger partial charge in [0, 0.05) is 48.6 Å². The molecule has 1 amide bonds. The Bertz CT molecular complexity index is 1070. The van der Waals surface area contributed by atoms with Crippen LogP contribution in [0.15, 0.2) is 30.3 Å². The topological polar surface area (TPSA) is 58.6 Å². The summed E-state index contributed by atoms with van der Waals surface area (Å²) in [5, 5.41) is 3.37. The normalized spacial score (nSPS) is 35.9. The van der Waals surface area contributed by atoms with Crippen molar-refractivity contribution in [3.05, 3.63) is 35.9 Å². The van der Waals surface area contributed by atoms with Crippen LogP contribution in [0, 0.1) is 29.1 Å². The van der Waals surface area contributed by atoms with Crippen molar-refractivity contribution in [2.45, 2.75) is 83.3 Å². The first-order chi connectivity index (χ1) is 18.8. The molecular weight excluding hydrogens is 531 g/mol. The number of alkyl halides is 2. The number of anilines is 1. The zero-order valence-corrected chi connectivity index (χ0v) is 25.0. The third-order valence-electron chi connectivity index (χ3n) is 10.8. The first-order valence-electron chi connectivity index (χ1n) is 14.9. The monoisotopic (exact) mass is 574 g/mol. The average molecular weight is 576 g/mol. The van der Waals surface area contributed by atoms with Crippen molar-refractivity contribution in [2.24, 2.45) is 29.1 Å². The van der Waals surface area contributed by atoms with E-state index >= 15 is 0 Å². The summed E-state index contributed by atoms with van der Waals surface area (Å²) in [4.78, 5) is 27.2. The SMILES string of the molecule is C[C@]12CC[C@H](OC(=O)/C=C/c3ccccc3N(CCCl)CCCl)C[C@@H]1CC[C@H]1[C@H]3CCC(=O)N[C@]3(C)CC[C@@H]12. The lowest BCUT2D eigenvalue weighted by Crippen LogP contribution is -2.63. The van der Waals surface area contributed by atoms with E-state index < -0.39 is 0 Å². The van der Waals surface area contributed by atoms with E-state index in [0.717, 1.165) is 43.4 Å². The molecule has 5 rings (SSSR count). The van der Waals surface area contributed by atoms with E-state index in [1.807, 2.05) is 30.3 Å². The number of halogens is 2. The Morgan fingerprint density at radius 3 is 2.59 bits per heavy atom. The number of nitrogens with one attached hydrogen (secondary N) is 1. The van der Waals surface area contributed by atoms with Crippen LogP contribution in [0.1, 0.15) is 77.2 Å². The maximum absolute atomic E-state index is 12.9. The number of hydrogen-bond donors (Lipinski definition) is 1. The van der Waals surface area contributed by atoms with Gasteiger partial charge in [0.2, 0.25) is 5.91 Å². The van der Waals surface area contributed by atoms with E-state index in [1.165, 1.54) is 19.3 Å². The molecular formula is C32H44Cl2N2O3. The molecule has 0 bridgehead atoms. The molecule has 1 aliphatic heterocycles. The maximum Gasteiger partial charge on any atom is 0.331 e. The second-order valence-corrected chi connectivity index (χ2v) is 13.5. The van der Waals surface area contributed by atoms with Crippen molar-refractivity contribution in [1.29, 1.82) is 0 Å². The van der Waals surface area contributed by atoms with Crippen LogP contribution in [0.5, 0.6) is 0 Å². The highest BCUT2D eigenvalue weighted by molar-refractivity contribution is 6.18. The van der Waals surface area contributed by atoms with Crippen LogP contribution < -0.4 is 10.2 Å². The maximum atomic E-state index is 12.9. The summed E-state index contributed by atoms with van der Waals surface area (Å²) in [7, 11) is 0. The van der Waals surface area contributed by atoms with Crippen molar-refractivity contribution < 1.29 is 14.3 Å². The lowest BCUT2D eigenvalue weighted by atomic mass is 9.45. The Labute approximate surface area is 244 Å². The largest absolute Gasteiger partial charge is 0.459 e. The Hall–Kier alpha value is -1.72. The van der Waals surface area contributed by atoms with Crippen LogP contribution in [0.4, 0.5) is 5.69 Å². The molecule has 0 radical (unpaired) electrons. The second-order valence-electron chi connectivity index (χ2n) is 12.8. The van der Waals surface area contributed by atoms with E-state index in [9.17, 15) is 9.59 Å². The molecule has 3 aliphatic carbocycles. The number of fused-ring (bicyclic) bond motifs is 5. The van der Waals surface area contributed by atoms with Crippen LogP contribution in [-0.2, 0) is 14.3 Å². The smallest absolute Gasteiger partial charge is 0.331 e. The van der Waals surface area contributed by atoms with E-state index in [2.05, 4.69) is 24.1 Å². The van der Waals surface area contributed by atoms with Gasteiger partial charge in [-0.05, 0) is 105 Å². The minimum atomic E-state index is -0.264. The van der Waals surface area contributed by atoms with Gasteiger partial charge in [0.1, 0.15) is 6.10 Å². The third kappa shape index (κ3) is 5.86. The highest BCUT2D eigenvalue weighted by Crippen LogP contribution is 2.62. The average Bonchev–Trinajstić information content (AvgIpc) is 2.91. The summed E-state index contributed by atoms with van der Waals surface area (Å²) in [5.41, 5.74) is 2.26. The van der Waals surface area contributed by atoms with Crippen LogP contribution >= 0.6 is 23.2 Å². The molecule has 7 atom stereocenters. The fourth-order valence-electron chi connectivity index (χ4n) is 8.84. The molecule has 39 heavy (non-hydrogen) atoms. The summed E-state index contributed by atoms with van der Waals surface area (Å²) in [6, 6.07) is 8.01. The van der Waals surface area contributed by atoms with Gasteiger partial charge in [-0.3, -0.25) is 4.79 Å². The van der Waals surface area contributed by atoms with Crippen molar-refractivity contribution in [3.63, 3.8) is 0 Å². The predicted octanol–water partition coefficient (Wildman–Crippen LogP) is 6.81. The summed E-state index contributed by atoms with van der Waals surface area (Å²) in [6.45, 7) is 6.19. The summed E-state index contributed by atoms with van der Waals surface area (Å²) in [6.07, 6.45) is 12.9. The van der Waals surface area contributed by atoms with E-state index in [0.29, 0.717) is 60.4 Å². The van der Waals surface area contributed by atoms with Crippen LogP contribution in [-0.4, -0.2) is 48.4 Å². The molecule has 3 saturated carbocycles. The fourth-order valence-corrected chi connectivity index (χ4v) is 9.24. The first-order valence-corrected chi connectivity index (χ1v) is 16.0. The number of nitrogens with zero attached hydrogens (tertiary/aromatic N) is 1. The minimum absolute atomic E-state index is 0.0150. The van der Waals surface area contributed by atoms with E-state index in [4.69, 9.17) is 27.9 Å². The molecule has 0 unspecified atom stereocenters. The number of carbonyl (C=O) groups is 2. The van der Waals surface area contributed by atoms with Gasteiger partial charge in [-0.1, -0.05) is 25.1 Å². The number of benzene rings is 1. The molecule has 7 heteroatoms. The zero-order valence-electron chi connectivity index (χ0n) is 23.5. The Morgan fingerprint density at radius 1 is 1.05 bits per heavy atom. The summed E-state index contributed by atoms with van der Waals surface area (Å²) >= 11 is 12.0. The lowest BCUT2D eigenvalue weighted by Gasteiger charge is -2.62. The van der Waals surface area contributed by atoms with Gasteiger partial charge >= 0.3 is 5.97 Å². The van der Waals surface area contributed by atoms with Gasteiger partial charge in [0.25, 0.3) is 0 Å². The lowest BCUT2D eigenvalue weighted by molar-refractivity contribution is -0.158. The second kappa shape index (κ2) is 12.0. The van der Waals surface area contributed by atoms with Crippen molar-refractivity contribution in [2.75, 3.05) is 29.7 Å². The zero-order chi connectivity index (χ0) is 27.6. The number of esters is 1. The van der Waals surface area contributed by atoms with Crippen LogP contribution in [0.2, 0.25) is 0 Å². The molecule has 1 heterocycles. The van der Waals surface area contributed by atoms with E-state index in [-0.39, 0.29) is 23.5 Å². The van der Waals surface area contributed by atoms with Crippen LogP contribution in [0.3, 0.4) is 0 Å². The summed E-state index contributed by atoms with van der Waals surface area (Å²) in [5.74, 6) is 3.59. The van der Waals surface area contributed by atoms with Gasteiger partial charge in [-0.25, -0.2) is 4.79 Å². The van der Waals surface area contributed by atoms with Gasteiger partial charge in [0.15, 0.2) is 0 Å². The van der Waals surface area contributed by atoms with Crippen molar-refractivity contribution in [3.8, 4) is 0 Å². The third-order valence-corrected chi connectivity index (χ3v) is 11.1. The Kier molecular flexibility index (Phi) is 8.88. The Balaban J connectivity index is 1.21. The molecule has 1 aromatic rings. The van der Waals surface area contributed by atoms with Crippen molar-refractivity contribution in [1.82, 2.24) is 5.32 Å². The predicted molar refractivity (Wildman–Crippen MR) is 159 cm³/mol. The van der Waals surface area contributed by atoms with E-state index in [1.54, 1.807) is 6.08 Å². The standard InChI is InChI=1S/C32H44Cl2N2O3/c1-31-15-13-24(39-30(38)12-7-22-5-3-4-6-28(22)36(19-17-33)20-18-34)21-23(31)8-9-25-26(31)14-16-32(2)27(25)10-11-29(37)35-32/h3-7,12,23-27H,8-11,13-21H2,1-2H3,(H,35,37)/b12-7+/t23-,24-,25+,26-,27+,31-,32+/m0/s1. The molecule has 5 nitrogen and oxygen atoms in total. The van der Waals surface area contributed by atoms with Gasteiger partial charge in [-0.2, -0.15) is 0 Å². The van der Waals surface area contributed by atoms with Gasteiger partial charge in [0.05, 0.1) is 0 Å². The number of carbonyl (C=O) groups excluding carboxylic acids is 2. The summed E-state index contributed by atoms with van der Waals surface area (Å²) < 4.78 is 6.02. The molecule has 1 N–H and O–H groups in total. The highest BCUT2D eigenvalue weighted by atomic mass is 35.5. The molecule has 214 valence electrons. The highest BCUT2D eigenvalue weighted by Gasteiger charge is 2.58. The number of ether oxygens (including phenoxy) is 1. The molecule has 0 spiro atoms. The number of rotatable bonds is 8. The molecule has 4 fully saturated rings. The number of para-hydroxylation sites is 1. The fraction of sp³-hybridized carbons (Fsp3) is 0.688. The molecule has 1 aromatic carbocycles. The number of hydrogen-bond acceptors (Lipinski definition) is 4.